The molecule has 25 heavy (non-hydrogen) atoms. The number of fused-ring (bicyclic) bond motifs is 2. The first kappa shape index (κ1) is 15.6. The molecule has 1 amide bonds. The van der Waals surface area contributed by atoms with Crippen LogP contribution in [0.1, 0.15) is 42.6 Å². The third kappa shape index (κ3) is 2.28. The maximum absolute atomic E-state index is 15.2. The van der Waals surface area contributed by atoms with Gasteiger partial charge >= 0.3 is 5.97 Å². The summed E-state index contributed by atoms with van der Waals surface area (Å²) in [6, 6.07) is 0.783. The molecule has 0 bridgehead atoms. The highest BCUT2D eigenvalue weighted by atomic mass is 19.1. The largest absolute Gasteiger partial charge is 0.477 e. The number of aromatic nitrogens is 1. The number of benzene rings is 1. The number of halogens is 1. The van der Waals surface area contributed by atoms with Crippen molar-refractivity contribution in [1.82, 2.24) is 4.57 Å². The Morgan fingerprint density at radius 2 is 2.12 bits per heavy atom. The zero-order valence-corrected chi connectivity index (χ0v) is 13.4. The van der Waals surface area contributed by atoms with Crippen molar-refractivity contribution in [2.45, 2.75) is 38.3 Å². The highest BCUT2D eigenvalue weighted by Crippen LogP contribution is 2.41. The van der Waals surface area contributed by atoms with E-state index in [2.05, 4.69) is 10.6 Å². The van der Waals surface area contributed by atoms with Crippen molar-refractivity contribution in [1.29, 1.82) is 0 Å². The molecule has 0 spiro atoms. The molecule has 130 valence electrons. The Hall–Kier alpha value is -2.90. The third-order valence-corrected chi connectivity index (χ3v) is 4.73. The van der Waals surface area contributed by atoms with Crippen LogP contribution in [0.25, 0.3) is 10.9 Å². The van der Waals surface area contributed by atoms with E-state index < -0.39 is 28.8 Å². The monoisotopic (exact) mass is 345 g/mol. The number of nitrogens with zero attached hydrogens (tertiary/aromatic N) is 1. The molecule has 3 N–H and O–H groups in total. The lowest BCUT2D eigenvalue weighted by Crippen LogP contribution is -2.39. The van der Waals surface area contributed by atoms with Gasteiger partial charge in [-0.25, -0.2) is 9.18 Å². The highest BCUT2D eigenvalue weighted by Gasteiger charge is 2.32. The third-order valence-electron chi connectivity index (χ3n) is 4.73. The van der Waals surface area contributed by atoms with E-state index in [1.54, 1.807) is 6.92 Å². The van der Waals surface area contributed by atoms with Crippen LogP contribution in [0.3, 0.4) is 0 Å². The highest BCUT2D eigenvalue weighted by molar-refractivity contribution is 6.06. The molecule has 1 aromatic heterocycles. The van der Waals surface area contributed by atoms with Gasteiger partial charge in [0.25, 0.3) is 0 Å². The second-order valence-corrected chi connectivity index (χ2v) is 6.42. The minimum Gasteiger partial charge on any atom is -0.477 e. The van der Waals surface area contributed by atoms with Gasteiger partial charge in [-0.1, -0.05) is 6.92 Å². The predicted octanol–water partition coefficient (Wildman–Crippen LogP) is 2.32. The molecule has 1 aliphatic heterocycles. The first-order chi connectivity index (χ1) is 11.9. The Kier molecular flexibility index (Phi) is 3.31. The molecule has 1 saturated carbocycles. The number of anilines is 2. The van der Waals surface area contributed by atoms with Crippen molar-refractivity contribution in [2.24, 2.45) is 0 Å². The maximum Gasteiger partial charge on any atom is 0.341 e. The average molecular weight is 345 g/mol. The number of carbonyl (C=O) groups is 2. The lowest BCUT2D eigenvalue weighted by atomic mass is 10.0. The first-order valence-corrected chi connectivity index (χ1v) is 8.14. The van der Waals surface area contributed by atoms with Crippen molar-refractivity contribution in [2.75, 3.05) is 10.6 Å². The normalized spacial score (nSPS) is 19.3. The van der Waals surface area contributed by atoms with E-state index in [0.29, 0.717) is 6.42 Å². The number of pyridine rings is 1. The summed E-state index contributed by atoms with van der Waals surface area (Å²) in [6.45, 7) is 1.81. The van der Waals surface area contributed by atoms with Crippen molar-refractivity contribution in [3.8, 4) is 0 Å². The summed E-state index contributed by atoms with van der Waals surface area (Å²) >= 11 is 0. The van der Waals surface area contributed by atoms with Crippen molar-refractivity contribution >= 4 is 34.2 Å². The molecule has 1 atom stereocenters. The fourth-order valence-corrected chi connectivity index (χ4v) is 3.25. The van der Waals surface area contributed by atoms with Crippen LogP contribution in [0.5, 0.6) is 0 Å². The van der Waals surface area contributed by atoms with Crippen LogP contribution < -0.4 is 16.1 Å². The van der Waals surface area contributed by atoms with E-state index in [1.807, 2.05) is 0 Å². The Morgan fingerprint density at radius 3 is 2.72 bits per heavy atom. The minimum absolute atomic E-state index is 0.0195. The molecule has 2 aliphatic rings. The Labute approximate surface area is 141 Å². The number of amides is 1. The van der Waals surface area contributed by atoms with Gasteiger partial charge in [0.15, 0.2) is 5.82 Å². The van der Waals surface area contributed by atoms with Gasteiger partial charge in [-0.15, -0.1) is 0 Å². The van der Waals surface area contributed by atoms with Crippen LogP contribution in [0.4, 0.5) is 15.8 Å². The van der Waals surface area contributed by atoms with Crippen molar-refractivity contribution < 1.29 is 19.1 Å². The van der Waals surface area contributed by atoms with Gasteiger partial charge in [-0.2, -0.15) is 0 Å². The molecule has 1 aromatic carbocycles. The van der Waals surface area contributed by atoms with Crippen LogP contribution in [0, 0.1) is 5.82 Å². The minimum atomic E-state index is -1.35. The number of nitrogens with one attached hydrogen (secondary N) is 2. The van der Waals surface area contributed by atoms with E-state index in [1.165, 1.54) is 16.8 Å². The van der Waals surface area contributed by atoms with E-state index in [0.717, 1.165) is 12.8 Å². The number of hydrogen-bond acceptors (Lipinski definition) is 4. The molecule has 2 aromatic rings. The van der Waals surface area contributed by atoms with E-state index >= 15 is 4.39 Å². The summed E-state index contributed by atoms with van der Waals surface area (Å²) in [5, 5.41) is 14.7. The standard InChI is InChI=1S/C17H16FN3O4/c1-2-10-16(23)20-11-5-8-14(12(18)13(11)19-10)21(7-3-4-7)6-9(15(8)22)17(24)25/h5-7,10,19H,2-4H2,1H3,(H,20,23)(H,24,25)/t10-/m0/s1. The molecule has 1 fully saturated rings. The molecular formula is C17H16FN3O4. The van der Waals surface area contributed by atoms with Crippen LogP contribution in [-0.4, -0.2) is 27.6 Å². The van der Waals surface area contributed by atoms with Gasteiger partial charge in [0.2, 0.25) is 11.3 Å². The van der Waals surface area contributed by atoms with E-state index in [-0.39, 0.29) is 34.2 Å². The molecule has 2 heterocycles. The fraction of sp³-hybridized carbons (Fsp3) is 0.353. The zero-order valence-electron chi connectivity index (χ0n) is 13.4. The number of hydrogen-bond donors (Lipinski definition) is 3. The van der Waals surface area contributed by atoms with Crippen molar-refractivity contribution in [3.05, 3.63) is 33.9 Å². The summed E-state index contributed by atoms with van der Waals surface area (Å²) in [5.74, 6) is -2.31. The Balaban J connectivity index is 2.06. The predicted molar refractivity (Wildman–Crippen MR) is 89.7 cm³/mol. The van der Waals surface area contributed by atoms with Gasteiger partial charge in [0, 0.05) is 12.2 Å². The number of carboxylic acid groups (broad SMARTS) is 1. The van der Waals surface area contributed by atoms with Gasteiger partial charge in [-0.3, -0.25) is 9.59 Å². The van der Waals surface area contributed by atoms with E-state index in [9.17, 15) is 19.5 Å². The van der Waals surface area contributed by atoms with Gasteiger partial charge in [0.1, 0.15) is 11.6 Å². The topological polar surface area (TPSA) is 100 Å². The summed E-state index contributed by atoms with van der Waals surface area (Å²) < 4.78 is 16.8. The van der Waals surface area contributed by atoms with Gasteiger partial charge in [-0.05, 0) is 25.3 Å². The summed E-state index contributed by atoms with van der Waals surface area (Å²) in [7, 11) is 0. The zero-order chi connectivity index (χ0) is 17.9. The van der Waals surface area contributed by atoms with Crippen molar-refractivity contribution in [3.63, 3.8) is 0 Å². The summed E-state index contributed by atoms with van der Waals surface area (Å²) in [5.41, 5.74) is -0.791. The second-order valence-electron chi connectivity index (χ2n) is 6.42. The molecule has 8 heteroatoms. The molecule has 0 saturated heterocycles. The number of carbonyl (C=O) groups excluding carboxylic acids is 1. The lowest BCUT2D eigenvalue weighted by Gasteiger charge is -2.27. The van der Waals surface area contributed by atoms with Gasteiger partial charge in [0.05, 0.1) is 22.3 Å². The lowest BCUT2D eigenvalue weighted by molar-refractivity contribution is -0.117. The summed E-state index contributed by atoms with van der Waals surface area (Å²) in [4.78, 5) is 35.9. The second kappa shape index (κ2) is 5.30. The Morgan fingerprint density at radius 1 is 1.40 bits per heavy atom. The SMILES string of the molecule is CC[C@@H]1Nc2c(cc3c(=O)c(C(=O)O)cn(C4CC4)c3c2F)NC1=O. The summed E-state index contributed by atoms with van der Waals surface area (Å²) in [6.07, 6.45) is 3.31. The van der Waals surface area contributed by atoms with Crippen LogP contribution in [0.15, 0.2) is 17.1 Å². The molecule has 4 rings (SSSR count). The number of aromatic carboxylic acids is 1. The molecule has 7 nitrogen and oxygen atoms in total. The van der Waals surface area contributed by atoms with E-state index in [4.69, 9.17) is 0 Å². The molecular weight excluding hydrogens is 329 g/mol. The molecule has 0 unspecified atom stereocenters. The van der Waals surface area contributed by atoms with Crippen LogP contribution in [0.2, 0.25) is 0 Å². The smallest absolute Gasteiger partial charge is 0.341 e. The molecule has 0 radical (unpaired) electrons. The number of carboxylic acids is 1. The quantitative estimate of drug-likeness (QED) is 0.793. The average Bonchev–Trinajstić information content (AvgIpc) is 3.40. The van der Waals surface area contributed by atoms with Crippen LogP contribution in [-0.2, 0) is 4.79 Å². The first-order valence-electron chi connectivity index (χ1n) is 8.14. The molecule has 1 aliphatic carbocycles. The Bertz CT molecular complexity index is 994. The van der Waals surface area contributed by atoms with Crippen LogP contribution >= 0.6 is 0 Å². The van der Waals surface area contributed by atoms with Gasteiger partial charge < -0.3 is 20.3 Å². The number of rotatable bonds is 3. The fourth-order valence-electron chi connectivity index (χ4n) is 3.25. The maximum atomic E-state index is 15.2.